The average Bonchev–Trinajstić information content (AvgIpc) is 2.12. The second-order valence-electron chi connectivity index (χ2n) is 4.55. The smallest absolute Gasteiger partial charge is 0.411 e. The van der Waals surface area contributed by atoms with E-state index in [1.807, 2.05) is 0 Å². The van der Waals surface area contributed by atoms with Crippen LogP contribution >= 0.6 is 0 Å². The van der Waals surface area contributed by atoms with Crippen molar-refractivity contribution in [3.05, 3.63) is 23.3 Å². The standard InChI is InChI=1S/C12H19FN2O2/c1-8(7-10(13)9(2)14-6)15-11(16)17-12(3,4)5/h7H,6H2,1-5H3,(H,15,16)/b8-7+,10-9+. The van der Waals surface area contributed by atoms with Crippen molar-refractivity contribution in [2.24, 2.45) is 4.99 Å². The molecule has 17 heavy (non-hydrogen) atoms. The summed E-state index contributed by atoms with van der Waals surface area (Å²) in [6.07, 6.45) is 0.539. The molecule has 5 heteroatoms. The Labute approximate surface area is 101 Å². The van der Waals surface area contributed by atoms with E-state index in [0.717, 1.165) is 6.08 Å². The minimum absolute atomic E-state index is 0.162. The molecule has 0 saturated carbocycles. The monoisotopic (exact) mass is 242 g/mol. The van der Waals surface area contributed by atoms with Crippen LogP contribution in [-0.2, 0) is 4.74 Å². The van der Waals surface area contributed by atoms with Gasteiger partial charge in [0.25, 0.3) is 0 Å². The van der Waals surface area contributed by atoms with E-state index >= 15 is 0 Å². The normalized spacial score (nSPS) is 13.9. The third kappa shape index (κ3) is 7.27. The molecule has 0 saturated heterocycles. The van der Waals surface area contributed by atoms with Crippen LogP contribution < -0.4 is 5.32 Å². The molecule has 0 aliphatic rings. The van der Waals surface area contributed by atoms with Crippen molar-refractivity contribution in [1.29, 1.82) is 0 Å². The van der Waals surface area contributed by atoms with Gasteiger partial charge < -0.3 is 4.74 Å². The summed E-state index contributed by atoms with van der Waals surface area (Å²) in [6, 6.07) is 0. The van der Waals surface area contributed by atoms with Gasteiger partial charge in [0.05, 0.1) is 5.70 Å². The summed E-state index contributed by atoms with van der Waals surface area (Å²) in [7, 11) is 0. The second kappa shape index (κ2) is 6.18. The van der Waals surface area contributed by atoms with Crippen LogP contribution in [0.25, 0.3) is 0 Å². The summed E-state index contributed by atoms with van der Waals surface area (Å²) in [5.41, 5.74) is -0.0905. The number of ether oxygens (including phenoxy) is 1. The van der Waals surface area contributed by atoms with Gasteiger partial charge in [0.1, 0.15) is 11.4 Å². The highest BCUT2D eigenvalue weighted by Crippen LogP contribution is 2.11. The van der Waals surface area contributed by atoms with Gasteiger partial charge in [-0.25, -0.2) is 9.18 Å². The van der Waals surface area contributed by atoms with E-state index in [0.29, 0.717) is 5.70 Å². The van der Waals surface area contributed by atoms with Gasteiger partial charge in [-0.15, -0.1) is 0 Å². The van der Waals surface area contributed by atoms with Crippen LogP contribution in [0.1, 0.15) is 34.6 Å². The van der Waals surface area contributed by atoms with Gasteiger partial charge in [0.15, 0.2) is 0 Å². The van der Waals surface area contributed by atoms with Gasteiger partial charge in [-0.05, 0) is 47.4 Å². The molecule has 1 amide bonds. The number of nitrogens with zero attached hydrogens (tertiary/aromatic N) is 1. The summed E-state index contributed by atoms with van der Waals surface area (Å²) in [6.45, 7) is 11.5. The lowest BCUT2D eigenvalue weighted by Crippen LogP contribution is -2.31. The molecule has 0 aromatic rings. The molecular weight excluding hydrogens is 223 g/mol. The fourth-order valence-corrected chi connectivity index (χ4v) is 0.871. The molecule has 1 N–H and O–H groups in total. The number of allylic oxidation sites excluding steroid dienone is 4. The topological polar surface area (TPSA) is 50.7 Å². The zero-order valence-electron chi connectivity index (χ0n) is 10.9. The number of rotatable bonds is 3. The van der Waals surface area contributed by atoms with Gasteiger partial charge in [-0.2, -0.15) is 0 Å². The van der Waals surface area contributed by atoms with Crippen molar-refractivity contribution in [3.8, 4) is 0 Å². The van der Waals surface area contributed by atoms with E-state index in [4.69, 9.17) is 4.74 Å². The summed E-state index contributed by atoms with van der Waals surface area (Å²) >= 11 is 0. The number of carbonyl (C=O) groups is 1. The van der Waals surface area contributed by atoms with E-state index in [2.05, 4.69) is 17.0 Å². The predicted octanol–water partition coefficient (Wildman–Crippen LogP) is 3.32. The van der Waals surface area contributed by atoms with Crippen LogP contribution in [0.3, 0.4) is 0 Å². The molecule has 0 aromatic carbocycles. The molecule has 96 valence electrons. The largest absolute Gasteiger partial charge is 0.444 e. The Morgan fingerprint density at radius 1 is 1.41 bits per heavy atom. The Bertz CT molecular complexity index is 365. The second-order valence-corrected chi connectivity index (χ2v) is 4.55. The Hall–Kier alpha value is -1.65. The van der Waals surface area contributed by atoms with Gasteiger partial charge in [0.2, 0.25) is 0 Å². The number of nitrogens with one attached hydrogen (secondary N) is 1. The molecule has 4 nitrogen and oxygen atoms in total. The molecular formula is C12H19FN2O2. The van der Waals surface area contributed by atoms with Crippen LogP contribution in [0, 0.1) is 0 Å². The first-order chi connectivity index (χ1) is 7.65. The van der Waals surface area contributed by atoms with Crippen molar-refractivity contribution in [2.75, 3.05) is 0 Å². The maximum absolute atomic E-state index is 13.3. The highest BCUT2D eigenvalue weighted by atomic mass is 19.1. The highest BCUT2D eigenvalue weighted by molar-refractivity contribution is 5.70. The van der Waals surface area contributed by atoms with E-state index in [1.54, 1.807) is 27.7 Å². The van der Waals surface area contributed by atoms with Crippen LogP contribution in [0.5, 0.6) is 0 Å². The van der Waals surface area contributed by atoms with Crippen molar-refractivity contribution >= 4 is 12.8 Å². The summed E-state index contributed by atoms with van der Waals surface area (Å²) in [5.74, 6) is -0.548. The van der Waals surface area contributed by atoms with E-state index in [1.165, 1.54) is 6.92 Å². The molecule has 0 bridgehead atoms. The predicted molar refractivity (Wildman–Crippen MR) is 66.5 cm³/mol. The fraction of sp³-hybridized carbons (Fsp3) is 0.500. The van der Waals surface area contributed by atoms with Crippen molar-refractivity contribution in [2.45, 2.75) is 40.2 Å². The maximum atomic E-state index is 13.3. The van der Waals surface area contributed by atoms with E-state index in [9.17, 15) is 9.18 Å². The lowest BCUT2D eigenvalue weighted by molar-refractivity contribution is 0.0546. The number of hydrogen-bond donors (Lipinski definition) is 1. The molecule has 0 aliphatic carbocycles. The summed E-state index contributed by atoms with van der Waals surface area (Å²) in [4.78, 5) is 14.8. The zero-order chi connectivity index (χ0) is 13.6. The van der Waals surface area contributed by atoms with E-state index < -0.39 is 17.5 Å². The Kier molecular flexibility index (Phi) is 5.58. The number of hydrogen-bond acceptors (Lipinski definition) is 3. The molecule has 0 spiro atoms. The minimum atomic E-state index is -0.622. The molecule has 0 atom stereocenters. The van der Waals surface area contributed by atoms with Crippen molar-refractivity contribution in [1.82, 2.24) is 5.32 Å². The lowest BCUT2D eigenvalue weighted by atomic mass is 10.2. The maximum Gasteiger partial charge on any atom is 0.411 e. The fourth-order valence-electron chi connectivity index (χ4n) is 0.871. The van der Waals surface area contributed by atoms with Crippen LogP contribution in [0.2, 0.25) is 0 Å². The molecule has 0 aliphatic heterocycles. The van der Waals surface area contributed by atoms with Crippen LogP contribution in [-0.4, -0.2) is 18.4 Å². The zero-order valence-corrected chi connectivity index (χ0v) is 10.9. The van der Waals surface area contributed by atoms with E-state index in [-0.39, 0.29) is 5.70 Å². The molecule has 0 fully saturated rings. The van der Waals surface area contributed by atoms with Gasteiger partial charge in [-0.1, -0.05) is 0 Å². The minimum Gasteiger partial charge on any atom is -0.444 e. The number of alkyl carbamates (subject to hydrolysis) is 1. The Balaban J connectivity index is 4.56. The highest BCUT2D eigenvalue weighted by Gasteiger charge is 2.16. The first-order valence-electron chi connectivity index (χ1n) is 5.17. The summed E-state index contributed by atoms with van der Waals surface area (Å²) in [5, 5.41) is 2.41. The number of amides is 1. The number of halogens is 1. The third-order valence-electron chi connectivity index (χ3n) is 1.62. The first kappa shape index (κ1) is 15.3. The SMILES string of the molecule is C=N/C(C)=C(F)\C=C(/C)NC(=O)OC(C)(C)C. The van der Waals surface area contributed by atoms with Crippen LogP contribution in [0.4, 0.5) is 9.18 Å². The Morgan fingerprint density at radius 3 is 2.35 bits per heavy atom. The molecule has 0 aromatic heterocycles. The van der Waals surface area contributed by atoms with Gasteiger partial charge in [0, 0.05) is 5.70 Å². The first-order valence-corrected chi connectivity index (χ1v) is 5.17. The van der Waals surface area contributed by atoms with Gasteiger partial charge in [-0.3, -0.25) is 10.3 Å². The van der Waals surface area contributed by atoms with Gasteiger partial charge >= 0.3 is 6.09 Å². The lowest BCUT2D eigenvalue weighted by Gasteiger charge is -2.19. The van der Waals surface area contributed by atoms with Crippen LogP contribution in [0.15, 0.2) is 28.3 Å². The number of carbonyl (C=O) groups excluding carboxylic acids is 1. The quantitative estimate of drug-likeness (QED) is 0.609. The average molecular weight is 242 g/mol. The molecule has 0 unspecified atom stereocenters. The molecule has 0 rings (SSSR count). The third-order valence-corrected chi connectivity index (χ3v) is 1.62. The molecule has 0 heterocycles. The number of aliphatic imine (C=N–C) groups is 1. The van der Waals surface area contributed by atoms with Crippen molar-refractivity contribution < 1.29 is 13.9 Å². The molecule has 0 radical (unpaired) electrons. The summed E-state index contributed by atoms with van der Waals surface area (Å²) < 4.78 is 18.3. The van der Waals surface area contributed by atoms with Crippen molar-refractivity contribution in [3.63, 3.8) is 0 Å². The Morgan fingerprint density at radius 2 is 1.94 bits per heavy atom.